The van der Waals surface area contributed by atoms with Crippen LogP contribution in [0.15, 0.2) is 52.4 Å². The van der Waals surface area contributed by atoms with Crippen LogP contribution in [0.5, 0.6) is 11.5 Å². The number of carbonyl (C=O) groups is 2. The van der Waals surface area contributed by atoms with E-state index in [4.69, 9.17) is 5.11 Å². The molecule has 3 rings (SSSR count). The molecule has 3 N–H and O–H groups in total. The molecule has 0 aliphatic carbocycles. The number of hydrogen-bond donors (Lipinski definition) is 3. The molecule has 1 amide bonds. The lowest BCUT2D eigenvalue weighted by molar-refractivity contribution is -0.122. The SMILES string of the molecule is CCN1C(=O)/C(=C/c2ccc(O)cc2)SC1=Nc1ccc(C(=O)O)c(O)c1. The fraction of sp³-hybridized carbons (Fsp3) is 0.105. The highest BCUT2D eigenvalue weighted by molar-refractivity contribution is 8.18. The van der Waals surface area contributed by atoms with Gasteiger partial charge in [-0.25, -0.2) is 9.79 Å². The second kappa shape index (κ2) is 7.55. The van der Waals surface area contributed by atoms with Crippen molar-refractivity contribution in [1.29, 1.82) is 0 Å². The summed E-state index contributed by atoms with van der Waals surface area (Å²) in [5.41, 5.74) is 0.899. The van der Waals surface area contributed by atoms with Crippen molar-refractivity contribution in [2.24, 2.45) is 4.99 Å². The van der Waals surface area contributed by atoms with Gasteiger partial charge in [-0.15, -0.1) is 0 Å². The van der Waals surface area contributed by atoms with E-state index in [1.165, 1.54) is 47.0 Å². The summed E-state index contributed by atoms with van der Waals surface area (Å²) in [6.07, 6.45) is 1.71. The van der Waals surface area contributed by atoms with Gasteiger partial charge in [0.2, 0.25) is 0 Å². The number of amides is 1. The molecule has 27 heavy (non-hydrogen) atoms. The molecule has 0 aromatic heterocycles. The molecule has 1 fully saturated rings. The number of carboxylic acids is 1. The van der Waals surface area contributed by atoms with Crippen LogP contribution in [0.1, 0.15) is 22.8 Å². The number of aromatic hydroxyl groups is 2. The van der Waals surface area contributed by atoms with E-state index >= 15 is 0 Å². The lowest BCUT2D eigenvalue weighted by Crippen LogP contribution is -2.28. The number of aliphatic imine (C=N–C) groups is 1. The Bertz CT molecular complexity index is 967. The maximum absolute atomic E-state index is 12.6. The van der Waals surface area contributed by atoms with E-state index in [9.17, 15) is 19.8 Å². The lowest BCUT2D eigenvalue weighted by Gasteiger charge is -2.12. The van der Waals surface area contributed by atoms with Crippen molar-refractivity contribution in [3.8, 4) is 11.5 Å². The Hall–Kier alpha value is -3.26. The number of likely N-dealkylation sites (N-methyl/N-ethyl adjacent to an activating group) is 1. The van der Waals surface area contributed by atoms with E-state index < -0.39 is 5.97 Å². The monoisotopic (exact) mass is 384 g/mol. The first-order valence-corrected chi connectivity index (χ1v) is 8.86. The first kappa shape index (κ1) is 18.5. The summed E-state index contributed by atoms with van der Waals surface area (Å²) in [5, 5.41) is 28.6. The quantitative estimate of drug-likeness (QED) is 0.697. The molecule has 1 saturated heterocycles. The van der Waals surface area contributed by atoms with Crippen LogP contribution in [0.4, 0.5) is 5.69 Å². The molecule has 1 heterocycles. The van der Waals surface area contributed by atoms with Crippen molar-refractivity contribution >= 4 is 40.6 Å². The highest BCUT2D eigenvalue weighted by atomic mass is 32.2. The number of thioether (sulfide) groups is 1. The zero-order valence-corrected chi connectivity index (χ0v) is 15.1. The molecule has 1 aliphatic heterocycles. The molecule has 8 heteroatoms. The van der Waals surface area contributed by atoms with Gasteiger partial charge in [-0.2, -0.15) is 0 Å². The lowest BCUT2D eigenvalue weighted by atomic mass is 10.2. The van der Waals surface area contributed by atoms with Gasteiger partial charge in [0.15, 0.2) is 5.17 Å². The number of carbonyl (C=O) groups excluding carboxylic acids is 1. The first-order valence-electron chi connectivity index (χ1n) is 8.04. The number of aromatic carboxylic acids is 1. The van der Waals surface area contributed by atoms with Gasteiger partial charge in [0.25, 0.3) is 5.91 Å². The van der Waals surface area contributed by atoms with Gasteiger partial charge in [0, 0.05) is 12.6 Å². The van der Waals surface area contributed by atoms with E-state index in [0.29, 0.717) is 22.3 Å². The molecule has 7 nitrogen and oxygen atoms in total. The highest BCUT2D eigenvalue weighted by Crippen LogP contribution is 2.35. The largest absolute Gasteiger partial charge is 0.508 e. The van der Waals surface area contributed by atoms with Gasteiger partial charge in [-0.05, 0) is 54.6 Å². The van der Waals surface area contributed by atoms with E-state index in [0.717, 1.165) is 5.56 Å². The van der Waals surface area contributed by atoms with Gasteiger partial charge < -0.3 is 15.3 Å². The van der Waals surface area contributed by atoms with Crippen molar-refractivity contribution in [2.75, 3.05) is 6.54 Å². The molecule has 2 aromatic carbocycles. The number of phenolic OH excluding ortho intramolecular Hbond substituents is 1. The van der Waals surface area contributed by atoms with E-state index in [1.54, 1.807) is 18.2 Å². The molecule has 0 unspecified atom stereocenters. The maximum atomic E-state index is 12.6. The molecule has 0 spiro atoms. The number of amidine groups is 1. The molecule has 0 radical (unpaired) electrons. The Morgan fingerprint density at radius 1 is 1.19 bits per heavy atom. The fourth-order valence-electron chi connectivity index (χ4n) is 2.47. The second-order valence-corrected chi connectivity index (χ2v) is 6.66. The summed E-state index contributed by atoms with van der Waals surface area (Å²) in [6, 6.07) is 10.5. The zero-order chi connectivity index (χ0) is 19.6. The predicted molar refractivity (Wildman–Crippen MR) is 103 cm³/mol. The van der Waals surface area contributed by atoms with Crippen LogP contribution in [-0.2, 0) is 4.79 Å². The summed E-state index contributed by atoms with van der Waals surface area (Å²) >= 11 is 1.19. The number of nitrogens with zero attached hydrogens (tertiary/aromatic N) is 2. The van der Waals surface area contributed by atoms with Crippen LogP contribution in [0.2, 0.25) is 0 Å². The normalized spacial score (nSPS) is 17.1. The van der Waals surface area contributed by atoms with Crippen molar-refractivity contribution in [1.82, 2.24) is 4.90 Å². The summed E-state index contributed by atoms with van der Waals surface area (Å²) < 4.78 is 0. The van der Waals surface area contributed by atoms with E-state index in [1.807, 2.05) is 6.92 Å². The highest BCUT2D eigenvalue weighted by Gasteiger charge is 2.32. The van der Waals surface area contributed by atoms with Crippen LogP contribution in [0.25, 0.3) is 6.08 Å². The predicted octanol–water partition coefficient (Wildman–Crippen LogP) is 3.42. The Kier molecular flexibility index (Phi) is 5.18. The molecule has 2 aromatic rings. The van der Waals surface area contributed by atoms with Gasteiger partial charge in [0.05, 0.1) is 10.6 Å². The minimum atomic E-state index is -1.23. The van der Waals surface area contributed by atoms with Crippen molar-refractivity contribution in [3.05, 3.63) is 58.5 Å². The van der Waals surface area contributed by atoms with Gasteiger partial charge in [0.1, 0.15) is 17.1 Å². The van der Waals surface area contributed by atoms with Crippen LogP contribution in [0, 0.1) is 0 Å². The number of hydrogen-bond acceptors (Lipinski definition) is 6. The van der Waals surface area contributed by atoms with E-state index in [-0.39, 0.29) is 23.0 Å². The van der Waals surface area contributed by atoms with Crippen molar-refractivity contribution in [2.45, 2.75) is 6.92 Å². The smallest absolute Gasteiger partial charge is 0.339 e. The average Bonchev–Trinajstić information content (AvgIpc) is 2.91. The third-order valence-electron chi connectivity index (χ3n) is 3.83. The number of phenols is 2. The molecular weight excluding hydrogens is 368 g/mol. The van der Waals surface area contributed by atoms with Gasteiger partial charge >= 0.3 is 5.97 Å². The summed E-state index contributed by atoms with van der Waals surface area (Å²) in [5.74, 6) is -1.67. The van der Waals surface area contributed by atoms with Crippen LogP contribution < -0.4 is 0 Å². The van der Waals surface area contributed by atoms with Crippen molar-refractivity contribution in [3.63, 3.8) is 0 Å². The zero-order valence-electron chi connectivity index (χ0n) is 14.3. The first-order chi connectivity index (χ1) is 12.9. The molecular formula is C19H16N2O5S. The molecule has 1 aliphatic rings. The van der Waals surface area contributed by atoms with E-state index in [2.05, 4.69) is 4.99 Å². The standard InChI is InChI=1S/C19H16N2O5S/c1-2-21-17(24)16(9-11-3-6-13(22)7-4-11)27-19(21)20-12-5-8-14(18(25)26)15(23)10-12/h3-10,22-23H,2H2,1H3,(H,25,26)/b16-9-,20-19?. The molecule has 0 atom stereocenters. The second-order valence-electron chi connectivity index (χ2n) is 5.65. The van der Waals surface area contributed by atoms with Gasteiger partial charge in [-0.1, -0.05) is 12.1 Å². The minimum absolute atomic E-state index is 0.143. The van der Waals surface area contributed by atoms with Crippen LogP contribution in [0.3, 0.4) is 0 Å². The Morgan fingerprint density at radius 2 is 1.89 bits per heavy atom. The Labute approximate surface area is 159 Å². The Balaban J connectivity index is 1.92. The Morgan fingerprint density at radius 3 is 2.48 bits per heavy atom. The van der Waals surface area contributed by atoms with Crippen LogP contribution >= 0.6 is 11.8 Å². The summed E-state index contributed by atoms with van der Waals surface area (Å²) in [6.45, 7) is 2.24. The average molecular weight is 384 g/mol. The third kappa shape index (κ3) is 3.95. The number of carboxylic acid groups (broad SMARTS) is 1. The molecule has 138 valence electrons. The number of rotatable bonds is 4. The summed E-state index contributed by atoms with van der Waals surface area (Å²) in [7, 11) is 0. The summed E-state index contributed by atoms with van der Waals surface area (Å²) in [4.78, 5) is 29.9. The molecule has 0 saturated carbocycles. The maximum Gasteiger partial charge on any atom is 0.339 e. The van der Waals surface area contributed by atoms with Gasteiger partial charge in [-0.3, -0.25) is 9.69 Å². The van der Waals surface area contributed by atoms with Crippen molar-refractivity contribution < 1.29 is 24.9 Å². The third-order valence-corrected chi connectivity index (χ3v) is 4.84. The molecule has 0 bridgehead atoms. The number of benzene rings is 2. The topological polar surface area (TPSA) is 110 Å². The van der Waals surface area contributed by atoms with Crippen LogP contribution in [-0.4, -0.2) is 43.8 Å². The fourth-order valence-corrected chi connectivity index (χ4v) is 3.54. The minimum Gasteiger partial charge on any atom is -0.508 e.